The summed E-state index contributed by atoms with van der Waals surface area (Å²) >= 11 is -5.23. The molecular formula is C27H30O4Ti. The van der Waals surface area contributed by atoms with E-state index >= 15 is 0 Å². The van der Waals surface area contributed by atoms with Crippen molar-refractivity contribution in [2.24, 2.45) is 0 Å². The number of hydrogen-bond donors (Lipinski definition) is 0. The van der Waals surface area contributed by atoms with Crippen LogP contribution >= 0.6 is 0 Å². The van der Waals surface area contributed by atoms with Crippen molar-refractivity contribution in [2.45, 2.75) is 48.0 Å². The first-order valence-electron chi connectivity index (χ1n) is 11.4. The third kappa shape index (κ3) is 3.76. The maximum atomic E-state index is 13.1. The Morgan fingerprint density at radius 3 is 1.59 bits per heavy atom. The molecule has 0 radical (unpaired) electrons. The molecule has 4 nitrogen and oxygen atoms in total. The number of benzene rings is 2. The Morgan fingerprint density at radius 1 is 0.781 bits per heavy atom. The van der Waals surface area contributed by atoms with E-state index in [0.717, 1.165) is 22.3 Å². The summed E-state index contributed by atoms with van der Waals surface area (Å²) in [5, 5.41) is 0. The number of rotatable bonds is 8. The molecule has 0 aromatic heterocycles. The number of carbonyl (C=O) groups excluding carboxylic acids is 2. The Kier molecular flexibility index (Phi) is 6.20. The van der Waals surface area contributed by atoms with E-state index < -0.39 is 15.6 Å². The van der Waals surface area contributed by atoms with Crippen molar-refractivity contribution in [1.29, 1.82) is 0 Å². The fourth-order valence-corrected chi connectivity index (χ4v) is 12.9. The first kappa shape index (κ1) is 22.6. The quantitative estimate of drug-likeness (QED) is 0.437. The van der Waals surface area contributed by atoms with Gasteiger partial charge < -0.3 is 0 Å². The van der Waals surface area contributed by atoms with Gasteiger partial charge in [-0.05, 0) is 0 Å². The average molecular weight is 466 g/mol. The molecule has 2 aromatic rings. The second-order valence-electron chi connectivity index (χ2n) is 8.80. The molecule has 2 aliphatic carbocycles. The molecule has 0 N–H and O–H groups in total. The van der Waals surface area contributed by atoms with Crippen LogP contribution in [0.1, 0.15) is 70.2 Å². The van der Waals surface area contributed by atoms with E-state index in [2.05, 4.69) is 0 Å². The summed E-state index contributed by atoms with van der Waals surface area (Å²) in [4.78, 5) is 30.9. The number of carbonyl (C=O) groups is 2. The molecule has 5 heteroatoms. The molecule has 0 fully saturated rings. The van der Waals surface area contributed by atoms with Crippen LogP contribution in [0, 0.1) is 0 Å². The molecule has 166 valence electrons. The van der Waals surface area contributed by atoms with Crippen LogP contribution in [0.5, 0.6) is 0 Å². The van der Waals surface area contributed by atoms with Gasteiger partial charge in [-0.1, -0.05) is 0 Å². The number of hydrogen-bond acceptors (Lipinski definition) is 4. The summed E-state index contributed by atoms with van der Waals surface area (Å²) in [5.41, 5.74) is 4.10. The Morgan fingerprint density at radius 2 is 1.19 bits per heavy atom. The van der Waals surface area contributed by atoms with Gasteiger partial charge in [0.1, 0.15) is 0 Å². The van der Waals surface area contributed by atoms with Crippen molar-refractivity contribution in [3.8, 4) is 0 Å². The first-order valence-corrected chi connectivity index (χ1v) is 15.6. The van der Waals surface area contributed by atoms with Gasteiger partial charge in [-0.25, -0.2) is 0 Å². The van der Waals surface area contributed by atoms with E-state index in [9.17, 15) is 9.59 Å². The van der Waals surface area contributed by atoms with Crippen LogP contribution in [0.2, 0.25) is 0 Å². The van der Waals surface area contributed by atoms with Gasteiger partial charge in [-0.3, -0.25) is 0 Å². The Hall–Kier alpha value is -2.56. The summed E-state index contributed by atoms with van der Waals surface area (Å²) in [6.07, 6.45) is 9.94. The van der Waals surface area contributed by atoms with Gasteiger partial charge in [0.15, 0.2) is 0 Å². The number of allylic oxidation sites excluding steroid dienone is 2. The van der Waals surface area contributed by atoms with Gasteiger partial charge in [-0.2, -0.15) is 0 Å². The fourth-order valence-electron chi connectivity index (χ4n) is 5.05. The summed E-state index contributed by atoms with van der Waals surface area (Å²) in [6, 6.07) is 16.0. The predicted octanol–water partition coefficient (Wildman–Crippen LogP) is 6.16. The molecule has 0 amide bonds. The van der Waals surface area contributed by atoms with Gasteiger partial charge >= 0.3 is 192 Å². The zero-order valence-electron chi connectivity index (χ0n) is 18.8. The molecule has 0 spiro atoms. The van der Waals surface area contributed by atoms with Gasteiger partial charge in [0.25, 0.3) is 0 Å². The molecule has 2 aliphatic rings. The summed E-state index contributed by atoms with van der Waals surface area (Å²) < 4.78 is 12.2. The van der Waals surface area contributed by atoms with Gasteiger partial charge in [0.2, 0.25) is 0 Å². The van der Waals surface area contributed by atoms with E-state index in [1.807, 2.05) is 86.7 Å². The maximum absolute atomic E-state index is 13.1. The molecule has 2 unspecified atom stereocenters. The molecule has 2 aromatic carbocycles. The molecule has 0 saturated carbocycles. The van der Waals surface area contributed by atoms with Crippen LogP contribution in [0.4, 0.5) is 0 Å². The average Bonchev–Trinajstić information content (AvgIpc) is 3.39. The SMILES string of the molecule is [CH2]=[Ti]([O]C(=O)CCC)([O]C(=O)CCC)([CH]1C=Cc2ccccc21)[CH]1C=Cc2ccccc21. The third-order valence-electron chi connectivity index (χ3n) is 6.50. The molecular weight excluding hydrogens is 436 g/mol. The standard InChI is InChI=1S/2C9H7.2C4H8O2.CH2.Ti/c2*1-2-5-9-7-3-6-8(9)4-1;2*1-2-3-4(5)6;;/h2*1-7H;2*2-3H2,1H3,(H,5,6);1H2;/q;;;;;+2/p-2. The van der Waals surface area contributed by atoms with Crippen molar-refractivity contribution >= 4 is 28.9 Å². The van der Waals surface area contributed by atoms with Crippen molar-refractivity contribution in [3.63, 3.8) is 0 Å². The van der Waals surface area contributed by atoms with Crippen molar-refractivity contribution in [2.75, 3.05) is 0 Å². The van der Waals surface area contributed by atoms with E-state index in [1.54, 1.807) is 0 Å². The van der Waals surface area contributed by atoms with E-state index in [1.165, 1.54) is 0 Å². The molecule has 32 heavy (non-hydrogen) atoms. The molecule has 0 saturated heterocycles. The summed E-state index contributed by atoms with van der Waals surface area (Å²) in [5.74, 6) is -0.696. The zero-order valence-corrected chi connectivity index (χ0v) is 20.3. The van der Waals surface area contributed by atoms with E-state index in [4.69, 9.17) is 11.5 Å². The van der Waals surface area contributed by atoms with Gasteiger partial charge in [0, 0.05) is 0 Å². The Balaban J connectivity index is 1.96. The monoisotopic (exact) mass is 466 g/mol. The van der Waals surface area contributed by atoms with Crippen LogP contribution < -0.4 is 0 Å². The van der Waals surface area contributed by atoms with Crippen LogP contribution in [-0.4, -0.2) is 16.8 Å². The van der Waals surface area contributed by atoms with Crippen LogP contribution in [0.15, 0.2) is 60.7 Å². The van der Waals surface area contributed by atoms with Crippen molar-refractivity contribution in [1.82, 2.24) is 0 Å². The second-order valence-corrected chi connectivity index (χ2v) is 15.8. The molecule has 4 rings (SSSR count). The predicted molar refractivity (Wildman–Crippen MR) is 126 cm³/mol. The van der Waals surface area contributed by atoms with Crippen LogP contribution in [0.3, 0.4) is 0 Å². The fraction of sp³-hybridized carbons (Fsp3) is 0.296. The minimum absolute atomic E-state index is 0.260. The molecule has 0 heterocycles. The zero-order chi connectivity index (χ0) is 22.8. The van der Waals surface area contributed by atoms with E-state index in [-0.39, 0.29) is 33.2 Å². The van der Waals surface area contributed by atoms with Crippen molar-refractivity contribution in [3.05, 3.63) is 82.9 Å². The normalized spacial score (nSPS) is 18.8. The third-order valence-corrected chi connectivity index (χ3v) is 14.3. The van der Waals surface area contributed by atoms with Crippen LogP contribution in [0.25, 0.3) is 12.2 Å². The van der Waals surface area contributed by atoms with Gasteiger partial charge in [0.05, 0.1) is 0 Å². The second kappa shape index (κ2) is 8.76. The Labute approximate surface area is 191 Å². The summed E-state index contributed by atoms with van der Waals surface area (Å²) in [6.45, 7) is 3.87. The van der Waals surface area contributed by atoms with Crippen LogP contribution in [-0.2, 0) is 31.8 Å². The van der Waals surface area contributed by atoms with Crippen molar-refractivity contribution < 1.29 is 31.8 Å². The van der Waals surface area contributed by atoms with E-state index in [0.29, 0.717) is 12.8 Å². The molecule has 0 aliphatic heterocycles. The summed E-state index contributed by atoms with van der Waals surface area (Å²) in [7, 11) is 0. The molecule has 0 bridgehead atoms. The van der Waals surface area contributed by atoms with Gasteiger partial charge in [-0.15, -0.1) is 0 Å². The molecule has 2 atom stereocenters. The first-order chi connectivity index (χ1) is 15.4. The number of fused-ring (bicyclic) bond motifs is 2. The topological polar surface area (TPSA) is 52.6 Å². The minimum atomic E-state index is -5.23. The Bertz CT molecular complexity index is 1080.